The molecule has 94 valence electrons. The predicted octanol–water partition coefficient (Wildman–Crippen LogP) is 1.55. The Labute approximate surface area is 104 Å². The lowest BCUT2D eigenvalue weighted by atomic mass is 10.2. The zero-order valence-corrected chi connectivity index (χ0v) is 10.0. The van der Waals surface area contributed by atoms with E-state index in [-0.39, 0.29) is 6.04 Å². The lowest BCUT2D eigenvalue weighted by molar-refractivity contribution is 0.388. The summed E-state index contributed by atoms with van der Waals surface area (Å²) in [4.78, 5) is 8.42. The summed E-state index contributed by atoms with van der Waals surface area (Å²) in [5.74, 6) is 1.91. The van der Waals surface area contributed by atoms with Crippen molar-refractivity contribution in [3.05, 3.63) is 24.2 Å². The molecule has 0 saturated heterocycles. The van der Waals surface area contributed by atoms with Crippen molar-refractivity contribution >= 4 is 0 Å². The molecule has 6 heteroatoms. The van der Waals surface area contributed by atoms with E-state index in [0.717, 1.165) is 12.8 Å². The fourth-order valence-corrected chi connectivity index (χ4v) is 1.86. The van der Waals surface area contributed by atoms with Gasteiger partial charge in [-0.3, -0.25) is 0 Å². The van der Waals surface area contributed by atoms with Gasteiger partial charge in [0.15, 0.2) is 5.82 Å². The van der Waals surface area contributed by atoms with Gasteiger partial charge in [0.1, 0.15) is 5.56 Å². The quantitative estimate of drug-likeness (QED) is 0.880. The second-order valence-corrected chi connectivity index (χ2v) is 4.38. The first-order valence-corrected chi connectivity index (χ1v) is 5.88. The molecule has 1 aliphatic carbocycles. The van der Waals surface area contributed by atoms with Gasteiger partial charge in [0, 0.05) is 6.20 Å². The average Bonchev–Trinajstić information content (AvgIpc) is 3.15. The fraction of sp³-hybridized carbons (Fsp3) is 0.417. The van der Waals surface area contributed by atoms with Gasteiger partial charge in [0.2, 0.25) is 5.88 Å². The first-order valence-electron chi connectivity index (χ1n) is 5.88. The number of methoxy groups -OCH3 is 1. The topological polar surface area (TPSA) is 87.1 Å². The minimum atomic E-state index is -0.134. The number of rotatable bonds is 4. The minimum absolute atomic E-state index is 0.134. The Morgan fingerprint density at radius 1 is 1.50 bits per heavy atom. The van der Waals surface area contributed by atoms with Crippen LogP contribution in [0.2, 0.25) is 0 Å². The molecule has 2 aromatic rings. The van der Waals surface area contributed by atoms with Crippen LogP contribution in [0.25, 0.3) is 11.5 Å². The summed E-state index contributed by atoms with van der Waals surface area (Å²) >= 11 is 0. The molecule has 1 atom stereocenters. The van der Waals surface area contributed by atoms with Crippen molar-refractivity contribution in [1.82, 2.24) is 15.1 Å². The van der Waals surface area contributed by atoms with E-state index >= 15 is 0 Å². The SMILES string of the molecule is COc1ncccc1-c1nc(C(N)C2CC2)no1. The van der Waals surface area contributed by atoms with E-state index in [9.17, 15) is 0 Å². The molecule has 1 saturated carbocycles. The smallest absolute Gasteiger partial charge is 0.263 e. The number of aromatic nitrogens is 3. The predicted molar refractivity (Wildman–Crippen MR) is 63.7 cm³/mol. The Balaban J connectivity index is 1.92. The van der Waals surface area contributed by atoms with Gasteiger partial charge in [-0.1, -0.05) is 5.16 Å². The highest BCUT2D eigenvalue weighted by atomic mass is 16.5. The van der Waals surface area contributed by atoms with Gasteiger partial charge in [-0.15, -0.1) is 0 Å². The van der Waals surface area contributed by atoms with Crippen molar-refractivity contribution in [3.8, 4) is 17.3 Å². The lowest BCUT2D eigenvalue weighted by Crippen LogP contribution is -2.13. The van der Waals surface area contributed by atoms with Crippen LogP contribution in [0, 0.1) is 5.92 Å². The van der Waals surface area contributed by atoms with Gasteiger partial charge in [-0.05, 0) is 30.9 Å². The Morgan fingerprint density at radius 3 is 3.06 bits per heavy atom. The Hall–Kier alpha value is -1.95. The molecule has 1 unspecified atom stereocenters. The summed E-state index contributed by atoms with van der Waals surface area (Å²) in [6.07, 6.45) is 3.93. The van der Waals surface area contributed by atoms with Crippen molar-refractivity contribution in [2.24, 2.45) is 11.7 Å². The highest BCUT2D eigenvalue weighted by Gasteiger charge is 2.32. The van der Waals surface area contributed by atoms with Crippen molar-refractivity contribution in [1.29, 1.82) is 0 Å². The summed E-state index contributed by atoms with van der Waals surface area (Å²) in [5, 5.41) is 3.93. The van der Waals surface area contributed by atoms with Gasteiger partial charge >= 0.3 is 0 Å². The molecule has 18 heavy (non-hydrogen) atoms. The van der Waals surface area contributed by atoms with Crippen LogP contribution in [-0.4, -0.2) is 22.2 Å². The van der Waals surface area contributed by atoms with Crippen LogP contribution in [0.15, 0.2) is 22.9 Å². The molecule has 1 fully saturated rings. The van der Waals surface area contributed by atoms with Gasteiger partial charge in [-0.25, -0.2) is 4.98 Å². The number of ether oxygens (including phenoxy) is 1. The number of nitrogens with two attached hydrogens (primary N) is 1. The Morgan fingerprint density at radius 2 is 2.33 bits per heavy atom. The van der Waals surface area contributed by atoms with E-state index in [4.69, 9.17) is 15.0 Å². The molecule has 6 nitrogen and oxygen atoms in total. The zero-order valence-electron chi connectivity index (χ0n) is 10.0. The number of hydrogen-bond acceptors (Lipinski definition) is 6. The maximum absolute atomic E-state index is 6.03. The summed E-state index contributed by atoms with van der Waals surface area (Å²) in [6.45, 7) is 0. The number of hydrogen-bond donors (Lipinski definition) is 1. The van der Waals surface area contributed by atoms with Crippen LogP contribution in [0.3, 0.4) is 0 Å². The maximum atomic E-state index is 6.03. The number of pyridine rings is 1. The molecule has 0 aromatic carbocycles. The summed E-state index contributed by atoms with van der Waals surface area (Å²) in [6, 6.07) is 3.49. The first kappa shape index (κ1) is 11.2. The Kier molecular flexibility index (Phi) is 2.71. The second-order valence-electron chi connectivity index (χ2n) is 4.38. The molecule has 3 rings (SSSR count). The van der Waals surface area contributed by atoms with Gasteiger partial charge < -0.3 is 15.0 Å². The largest absolute Gasteiger partial charge is 0.480 e. The Bertz CT molecular complexity index is 551. The zero-order chi connectivity index (χ0) is 12.5. The van der Waals surface area contributed by atoms with E-state index in [1.54, 1.807) is 19.4 Å². The van der Waals surface area contributed by atoms with E-state index in [0.29, 0.717) is 29.1 Å². The second kappa shape index (κ2) is 4.38. The van der Waals surface area contributed by atoms with Crippen LogP contribution >= 0.6 is 0 Å². The third-order valence-corrected chi connectivity index (χ3v) is 3.06. The van der Waals surface area contributed by atoms with E-state index in [1.807, 2.05) is 6.07 Å². The molecular weight excluding hydrogens is 232 g/mol. The highest BCUT2D eigenvalue weighted by molar-refractivity contribution is 5.59. The van der Waals surface area contributed by atoms with Gasteiger partial charge in [-0.2, -0.15) is 4.98 Å². The number of nitrogens with zero attached hydrogens (tertiary/aromatic N) is 3. The highest BCUT2D eigenvalue weighted by Crippen LogP contribution is 2.39. The summed E-state index contributed by atoms with van der Waals surface area (Å²) in [5.41, 5.74) is 6.71. The van der Waals surface area contributed by atoms with Gasteiger partial charge in [0.25, 0.3) is 5.89 Å². The van der Waals surface area contributed by atoms with E-state index in [2.05, 4.69) is 15.1 Å². The average molecular weight is 246 g/mol. The molecule has 2 N–H and O–H groups in total. The van der Waals surface area contributed by atoms with Crippen LogP contribution in [0.4, 0.5) is 0 Å². The van der Waals surface area contributed by atoms with E-state index in [1.165, 1.54) is 0 Å². The van der Waals surface area contributed by atoms with Crippen LogP contribution in [0.5, 0.6) is 5.88 Å². The summed E-state index contributed by atoms with van der Waals surface area (Å²) < 4.78 is 10.4. The molecular formula is C12H14N4O2. The van der Waals surface area contributed by atoms with Crippen LogP contribution in [-0.2, 0) is 0 Å². The normalized spacial score (nSPS) is 16.6. The van der Waals surface area contributed by atoms with Gasteiger partial charge in [0.05, 0.1) is 13.2 Å². The molecule has 0 amide bonds. The lowest BCUT2D eigenvalue weighted by Gasteiger charge is -2.03. The molecule has 0 aliphatic heterocycles. The maximum Gasteiger partial charge on any atom is 0.263 e. The monoisotopic (exact) mass is 246 g/mol. The molecule has 0 radical (unpaired) electrons. The van der Waals surface area contributed by atoms with Crippen molar-refractivity contribution in [2.75, 3.05) is 7.11 Å². The van der Waals surface area contributed by atoms with Crippen molar-refractivity contribution < 1.29 is 9.26 Å². The molecule has 0 spiro atoms. The third kappa shape index (κ3) is 1.95. The molecule has 0 bridgehead atoms. The minimum Gasteiger partial charge on any atom is -0.480 e. The van der Waals surface area contributed by atoms with Crippen LogP contribution in [0.1, 0.15) is 24.7 Å². The van der Waals surface area contributed by atoms with E-state index < -0.39 is 0 Å². The standard InChI is InChI=1S/C12H14N4O2/c1-17-11-8(3-2-6-14-11)12-15-10(16-18-12)9(13)7-4-5-7/h2-3,6-7,9H,4-5,13H2,1H3. The molecule has 1 aliphatic rings. The first-order chi connectivity index (χ1) is 8.79. The van der Waals surface area contributed by atoms with Crippen molar-refractivity contribution in [2.45, 2.75) is 18.9 Å². The fourth-order valence-electron chi connectivity index (χ4n) is 1.86. The van der Waals surface area contributed by atoms with Crippen molar-refractivity contribution in [3.63, 3.8) is 0 Å². The summed E-state index contributed by atoms with van der Waals surface area (Å²) in [7, 11) is 1.55. The molecule has 2 heterocycles. The van der Waals surface area contributed by atoms with Crippen LogP contribution < -0.4 is 10.5 Å². The molecule has 2 aromatic heterocycles. The third-order valence-electron chi connectivity index (χ3n) is 3.06.